The van der Waals surface area contributed by atoms with E-state index in [1.165, 1.54) is 0 Å². The van der Waals surface area contributed by atoms with Crippen LogP contribution >= 0.6 is 15.9 Å². The number of rotatable bonds is 2. The van der Waals surface area contributed by atoms with E-state index in [0.717, 1.165) is 11.1 Å². The number of benzene rings is 1. The van der Waals surface area contributed by atoms with Gasteiger partial charge in [0.1, 0.15) is 5.82 Å². The number of halogens is 2. The molecule has 2 nitrogen and oxygen atoms in total. The lowest BCUT2D eigenvalue weighted by atomic mass is 10.00. The molecule has 0 spiro atoms. The Balaban J connectivity index is 2.44. The Morgan fingerprint density at radius 2 is 2.12 bits per heavy atom. The van der Waals surface area contributed by atoms with Crippen molar-refractivity contribution in [3.05, 3.63) is 63.6 Å². The van der Waals surface area contributed by atoms with Crippen LogP contribution in [0.1, 0.15) is 22.7 Å². The highest BCUT2D eigenvalue weighted by Gasteiger charge is 2.15. The van der Waals surface area contributed by atoms with Gasteiger partial charge in [-0.2, -0.15) is 0 Å². The first kappa shape index (κ1) is 12.2. The van der Waals surface area contributed by atoms with Crippen molar-refractivity contribution >= 4 is 15.9 Å². The molecule has 0 aliphatic carbocycles. The van der Waals surface area contributed by atoms with Gasteiger partial charge in [0, 0.05) is 18.0 Å². The lowest BCUT2D eigenvalue weighted by Crippen LogP contribution is -2.14. The Kier molecular flexibility index (Phi) is 3.54. The lowest BCUT2D eigenvalue weighted by molar-refractivity contribution is 0.593. The molecular weight excluding hydrogens is 283 g/mol. The van der Waals surface area contributed by atoms with Gasteiger partial charge in [0.2, 0.25) is 0 Å². The second-order valence-electron chi connectivity index (χ2n) is 3.92. The summed E-state index contributed by atoms with van der Waals surface area (Å²) in [6.45, 7) is 1.93. The molecule has 2 N–H and O–H groups in total. The second-order valence-corrected chi connectivity index (χ2v) is 4.77. The fraction of sp³-hybridized carbons (Fsp3) is 0.154. The summed E-state index contributed by atoms with van der Waals surface area (Å²) in [7, 11) is 0. The highest BCUT2D eigenvalue weighted by Crippen LogP contribution is 2.26. The number of nitrogens with two attached hydrogens (primary N) is 1. The first-order chi connectivity index (χ1) is 8.09. The highest BCUT2D eigenvalue weighted by atomic mass is 79.9. The van der Waals surface area contributed by atoms with Crippen LogP contribution in [0.2, 0.25) is 0 Å². The molecule has 0 bridgehead atoms. The molecular formula is C13H12BrFN2. The topological polar surface area (TPSA) is 38.9 Å². The predicted octanol–water partition coefficient (Wildman–Crippen LogP) is 3.34. The standard InChI is InChI=1S/C13H12BrFN2/c1-8-5-9(7-17-6-8)13(16)10-3-2-4-11(14)12(10)15/h2-7,13H,16H2,1H3. The summed E-state index contributed by atoms with van der Waals surface area (Å²) in [5.41, 5.74) is 8.33. The van der Waals surface area contributed by atoms with Crippen LogP contribution in [0.4, 0.5) is 4.39 Å². The summed E-state index contributed by atoms with van der Waals surface area (Å²) in [6, 6.07) is 6.52. The van der Waals surface area contributed by atoms with Gasteiger partial charge in [-0.1, -0.05) is 18.2 Å². The van der Waals surface area contributed by atoms with Crippen molar-refractivity contribution in [2.24, 2.45) is 5.73 Å². The van der Waals surface area contributed by atoms with Crippen LogP contribution in [0.25, 0.3) is 0 Å². The Bertz CT molecular complexity index is 543. The maximum atomic E-state index is 13.9. The molecule has 0 radical (unpaired) electrons. The van der Waals surface area contributed by atoms with Gasteiger partial charge in [-0.05, 0) is 40.0 Å². The third kappa shape index (κ3) is 2.53. The SMILES string of the molecule is Cc1cncc(C(N)c2cccc(Br)c2F)c1. The van der Waals surface area contributed by atoms with Crippen LogP contribution in [0.5, 0.6) is 0 Å². The molecule has 1 aromatic carbocycles. The minimum absolute atomic E-state index is 0.318. The number of hydrogen-bond acceptors (Lipinski definition) is 2. The van der Waals surface area contributed by atoms with Gasteiger partial charge in [-0.3, -0.25) is 4.98 Å². The summed E-state index contributed by atoms with van der Waals surface area (Å²) >= 11 is 3.16. The monoisotopic (exact) mass is 294 g/mol. The first-order valence-corrected chi connectivity index (χ1v) is 6.00. The van der Waals surface area contributed by atoms with E-state index >= 15 is 0 Å². The summed E-state index contributed by atoms with van der Waals surface area (Å²) < 4.78 is 14.3. The van der Waals surface area contributed by atoms with E-state index in [-0.39, 0.29) is 5.82 Å². The molecule has 0 saturated carbocycles. The maximum absolute atomic E-state index is 13.9. The van der Waals surface area contributed by atoms with Crippen molar-refractivity contribution in [2.75, 3.05) is 0 Å². The van der Waals surface area contributed by atoms with Crippen LogP contribution in [0.15, 0.2) is 41.1 Å². The highest BCUT2D eigenvalue weighted by molar-refractivity contribution is 9.10. The summed E-state index contributed by atoms with van der Waals surface area (Å²) in [5.74, 6) is -0.318. The molecule has 2 aromatic rings. The van der Waals surface area contributed by atoms with E-state index in [4.69, 9.17) is 5.73 Å². The van der Waals surface area contributed by atoms with Crippen molar-refractivity contribution in [1.29, 1.82) is 0 Å². The largest absolute Gasteiger partial charge is 0.320 e. The van der Waals surface area contributed by atoms with Crippen LogP contribution in [-0.4, -0.2) is 4.98 Å². The van der Waals surface area contributed by atoms with Crippen molar-refractivity contribution < 1.29 is 4.39 Å². The third-order valence-corrected chi connectivity index (χ3v) is 3.18. The molecule has 4 heteroatoms. The lowest BCUT2D eigenvalue weighted by Gasteiger charge is -2.14. The number of aryl methyl sites for hydroxylation is 1. The number of nitrogens with zero attached hydrogens (tertiary/aromatic N) is 1. The fourth-order valence-corrected chi connectivity index (χ4v) is 2.07. The van der Waals surface area contributed by atoms with E-state index in [2.05, 4.69) is 20.9 Å². The summed E-state index contributed by atoms with van der Waals surface area (Å²) in [6.07, 6.45) is 3.41. The Morgan fingerprint density at radius 3 is 2.82 bits per heavy atom. The molecule has 1 atom stereocenters. The van der Waals surface area contributed by atoms with Crippen LogP contribution in [0, 0.1) is 12.7 Å². The van der Waals surface area contributed by atoms with Gasteiger partial charge in [0.05, 0.1) is 10.5 Å². The van der Waals surface area contributed by atoms with E-state index in [0.29, 0.717) is 10.0 Å². The molecule has 2 rings (SSSR count). The Labute approximate surface area is 108 Å². The summed E-state index contributed by atoms with van der Waals surface area (Å²) in [5, 5.41) is 0. The quantitative estimate of drug-likeness (QED) is 0.923. The van der Waals surface area contributed by atoms with Crippen LogP contribution in [0.3, 0.4) is 0 Å². The van der Waals surface area contributed by atoms with Crippen molar-refractivity contribution in [1.82, 2.24) is 4.98 Å². The molecule has 0 saturated heterocycles. The molecule has 1 unspecified atom stereocenters. The normalized spacial score (nSPS) is 12.5. The minimum Gasteiger partial charge on any atom is -0.320 e. The molecule has 0 aliphatic heterocycles. The number of hydrogen-bond donors (Lipinski definition) is 1. The van der Waals surface area contributed by atoms with Crippen molar-refractivity contribution in [3.8, 4) is 0 Å². The maximum Gasteiger partial charge on any atom is 0.142 e. The zero-order valence-corrected chi connectivity index (χ0v) is 10.9. The zero-order valence-electron chi connectivity index (χ0n) is 9.32. The van der Waals surface area contributed by atoms with Crippen molar-refractivity contribution in [2.45, 2.75) is 13.0 Å². The molecule has 0 amide bonds. The third-order valence-electron chi connectivity index (χ3n) is 2.57. The van der Waals surface area contributed by atoms with Crippen LogP contribution < -0.4 is 5.73 Å². The fourth-order valence-electron chi connectivity index (χ4n) is 1.69. The minimum atomic E-state index is -0.500. The number of aromatic nitrogens is 1. The van der Waals surface area contributed by atoms with E-state index in [1.54, 1.807) is 30.6 Å². The zero-order chi connectivity index (χ0) is 12.4. The number of pyridine rings is 1. The predicted molar refractivity (Wildman–Crippen MR) is 69.1 cm³/mol. The molecule has 0 aliphatic rings. The van der Waals surface area contributed by atoms with Gasteiger partial charge in [0.25, 0.3) is 0 Å². The van der Waals surface area contributed by atoms with Crippen molar-refractivity contribution in [3.63, 3.8) is 0 Å². The molecule has 88 valence electrons. The van der Waals surface area contributed by atoms with Gasteiger partial charge >= 0.3 is 0 Å². The van der Waals surface area contributed by atoms with E-state index < -0.39 is 6.04 Å². The smallest absolute Gasteiger partial charge is 0.142 e. The molecule has 17 heavy (non-hydrogen) atoms. The second kappa shape index (κ2) is 4.94. The van der Waals surface area contributed by atoms with Gasteiger partial charge in [-0.25, -0.2) is 4.39 Å². The van der Waals surface area contributed by atoms with Crippen LogP contribution in [-0.2, 0) is 0 Å². The first-order valence-electron chi connectivity index (χ1n) is 5.20. The summed E-state index contributed by atoms with van der Waals surface area (Å²) in [4.78, 5) is 4.07. The average Bonchev–Trinajstić information content (AvgIpc) is 2.32. The Hall–Kier alpha value is -1.26. The molecule has 0 fully saturated rings. The van der Waals surface area contributed by atoms with Gasteiger partial charge in [0.15, 0.2) is 0 Å². The van der Waals surface area contributed by atoms with E-state index in [1.807, 2.05) is 13.0 Å². The molecule has 1 heterocycles. The average molecular weight is 295 g/mol. The van der Waals surface area contributed by atoms with Gasteiger partial charge < -0.3 is 5.73 Å². The van der Waals surface area contributed by atoms with Gasteiger partial charge in [-0.15, -0.1) is 0 Å². The molecule has 1 aromatic heterocycles. The van der Waals surface area contributed by atoms with E-state index in [9.17, 15) is 4.39 Å². The Morgan fingerprint density at radius 1 is 1.35 bits per heavy atom.